The quantitative estimate of drug-likeness (QED) is 0.745. The zero-order chi connectivity index (χ0) is 14.8. The van der Waals surface area contributed by atoms with Crippen LogP contribution in [0.1, 0.15) is 30.6 Å². The predicted octanol–water partition coefficient (Wildman–Crippen LogP) is 2.56. The molecule has 0 saturated heterocycles. The van der Waals surface area contributed by atoms with Crippen molar-refractivity contribution in [2.24, 2.45) is 0 Å². The summed E-state index contributed by atoms with van der Waals surface area (Å²) in [5.74, 6) is -1.69. The van der Waals surface area contributed by atoms with Crippen molar-refractivity contribution in [1.82, 2.24) is 5.32 Å². The number of nitrogens with one attached hydrogen (secondary N) is 1. The molecule has 1 rings (SSSR count). The Bertz CT molecular complexity index is 511. The molecule has 104 valence electrons. The van der Waals surface area contributed by atoms with E-state index in [9.17, 15) is 9.59 Å². The number of carboxylic acid groups (broad SMARTS) is 1. The summed E-state index contributed by atoms with van der Waals surface area (Å²) in [5.41, 5.74) is 4.55. The number of carbonyl (C=O) groups excluding carboxylic acids is 1. The molecule has 0 fully saturated rings. The summed E-state index contributed by atoms with van der Waals surface area (Å²) in [6.07, 6.45) is 0.241. The first-order chi connectivity index (χ1) is 8.71. The number of rotatable bonds is 4. The van der Waals surface area contributed by atoms with Crippen LogP contribution < -0.4 is 11.1 Å². The van der Waals surface area contributed by atoms with Crippen LogP contribution in [0.25, 0.3) is 0 Å². The number of amides is 1. The van der Waals surface area contributed by atoms with Crippen LogP contribution in [0.5, 0.6) is 0 Å². The Morgan fingerprint density at radius 1 is 1.37 bits per heavy atom. The van der Waals surface area contributed by atoms with E-state index < -0.39 is 17.4 Å². The third-order valence-electron chi connectivity index (χ3n) is 2.91. The lowest BCUT2D eigenvalue weighted by atomic mass is 9.98. The van der Waals surface area contributed by atoms with Gasteiger partial charge in [0.2, 0.25) is 0 Å². The normalized spacial score (nSPS) is 13.7. The fraction of sp³-hybridized carbons (Fsp3) is 0.333. The maximum absolute atomic E-state index is 12.0. The van der Waals surface area contributed by atoms with E-state index in [0.29, 0.717) is 0 Å². The maximum atomic E-state index is 12.0. The van der Waals surface area contributed by atoms with Crippen LogP contribution in [-0.2, 0) is 4.79 Å². The molecule has 0 heterocycles. The lowest BCUT2D eigenvalue weighted by molar-refractivity contribution is -0.143. The van der Waals surface area contributed by atoms with Crippen molar-refractivity contribution in [3.05, 3.63) is 27.7 Å². The third-order valence-corrected chi connectivity index (χ3v) is 3.54. The smallest absolute Gasteiger partial charge is 0.329 e. The SMILES string of the molecule is CCC(C)(NC(=O)c1cc(Cl)c(N)c(Cl)c1)C(=O)O. The van der Waals surface area contributed by atoms with Gasteiger partial charge < -0.3 is 16.2 Å². The van der Waals surface area contributed by atoms with Crippen LogP contribution >= 0.6 is 23.2 Å². The average Bonchev–Trinajstić information content (AvgIpc) is 2.34. The van der Waals surface area contributed by atoms with Gasteiger partial charge in [0, 0.05) is 5.56 Å². The number of nitrogens with two attached hydrogens (primary N) is 1. The molecule has 7 heteroatoms. The van der Waals surface area contributed by atoms with Gasteiger partial charge in [0.15, 0.2) is 0 Å². The Morgan fingerprint density at radius 2 is 1.84 bits per heavy atom. The second-order valence-electron chi connectivity index (χ2n) is 4.30. The number of nitrogen functional groups attached to an aromatic ring is 1. The van der Waals surface area contributed by atoms with E-state index >= 15 is 0 Å². The van der Waals surface area contributed by atoms with Gasteiger partial charge in [0.1, 0.15) is 5.54 Å². The Morgan fingerprint density at radius 3 is 2.21 bits per heavy atom. The Kier molecular flexibility index (Phi) is 4.66. The van der Waals surface area contributed by atoms with E-state index in [4.69, 9.17) is 34.0 Å². The maximum Gasteiger partial charge on any atom is 0.329 e. The molecule has 1 aromatic carbocycles. The van der Waals surface area contributed by atoms with Gasteiger partial charge in [0.25, 0.3) is 5.91 Å². The number of anilines is 1. The highest BCUT2D eigenvalue weighted by atomic mass is 35.5. The van der Waals surface area contributed by atoms with Crippen molar-refractivity contribution in [2.75, 3.05) is 5.73 Å². The van der Waals surface area contributed by atoms with Crippen molar-refractivity contribution in [2.45, 2.75) is 25.8 Å². The van der Waals surface area contributed by atoms with E-state index in [1.165, 1.54) is 19.1 Å². The number of hydrogen-bond acceptors (Lipinski definition) is 3. The van der Waals surface area contributed by atoms with E-state index in [2.05, 4.69) is 5.32 Å². The molecule has 1 unspecified atom stereocenters. The summed E-state index contributed by atoms with van der Waals surface area (Å²) in [5, 5.41) is 11.8. The molecule has 0 bridgehead atoms. The minimum absolute atomic E-state index is 0.145. The van der Waals surface area contributed by atoms with Crippen molar-refractivity contribution in [3.8, 4) is 0 Å². The number of hydrogen-bond donors (Lipinski definition) is 3. The molecule has 0 aromatic heterocycles. The van der Waals surface area contributed by atoms with Gasteiger partial charge in [-0.2, -0.15) is 0 Å². The van der Waals surface area contributed by atoms with Gasteiger partial charge in [-0.1, -0.05) is 30.1 Å². The fourth-order valence-corrected chi connectivity index (χ4v) is 1.82. The molecular formula is C12H14Cl2N2O3. The number of benzene rings is 1. The molecule has 1 atom stereocenters. The van der Waals surface area contributed by atoms with Crippen LogP contribution in [0.4, 0.5) is 5.69 Å². The third kappa shape index (κ3) is 3.30. The first-order valence-electron chi connectivity index (χ1n) is 5.51. The summed E-state index contributed by atoms with van der Waals surface area (Å²) in [6, 6.07) is 2.69. The summed E-state index contributed by atoms with van der Waals surface area (Å²) < 4.78 is 0. The molecule has 5 nitrogen and oxygen atoms in total. The molecule has 0 saturated carbocycles. The molecule has 19 heavy (non-hydrogen) atoms. The topological polar surface area (TPSA) is 92.4 Å². The van der Waals surface area contributed by atoms with Crippen LogP contribution in [0.2, 0.25) is 10.0 Å². The van der Waals surface area contributed by atoms with Gasteiger partial charge in [0.05, 0.1) is 15.7 Å². The van der Waals surface area contributed by atoms with Crippen molar-refractivity contribution < 1.29 is 14.7 Å². The molecule has 0 aliphatic rings. The Labute approximate surface area is 120 Å². The zero-order valence-electron chi connectivity index (χ0n) is 10.5. The summed E-state index contributed by atoms with van der Waals surface area (Å²) in [7, 11) is 0. The predicted molar refractivity (Wildman–Crippen MR) is 74.7 cm³/mol. The number of carbonyl (C=O) groups is 2. The standard InChI is InChI=1S/C12H14Cl2N2O3/c1-3-12(2,11(18)19)16-10(17)6-4-7(13)9(15)8(14)5-6/h4-5H,3,15H2,1-2H3,(H,16,17)(H,18,19). The lowest BCUT2D eigenvalue weighted by Crippen LogP contribution is -2.51. The first kappa shape index (κ1) is 15.6. The monoisotopic (exact) mass is 304 g/mol. The number of carboxylic acids is 1. The molecular weight excluding hydrogens is 291 g/mol. The van der Waals surface area contributed by atoms with Crippen LogP contribution in [0, 0.1) is 0 Å². The van der Waals surface area contributed by atoms with Gasteiger partial charge in [-0.05, 0) is 25.5 Å². The van der Waals surface area contributed by atoms with E-state index in [-0.39, 0.29) is 27.7 Å². The molecule has 0 aliphatic carbocycles. The molecule has 0 radical (unpaired) electrons. The second kappa shape index (κ2) is 5.67. The molecule has 0 aliphatic heterocycles. The summed E-state index contributed by atoms with van der Waals surface area (Å²) in [4.78, 5) is 23.1. The second-order valence-corrected chi connectivity index (χ2v) is 5.11. The molecule has 4 N–H and O–H groups in total. The van der Waals surface area contributed by atoms with Crippen molar-refractivity contribution in [1.29, 1.82) is 0 Å². The van der Waals surface area contributed by atoms with Crippen LogP contribution in [0.15, 0.2) is 12.1 Å². The fourth-order valence-electron chi connectivity index (χ4n) is 1.33. The lowest BCUT2D eigenvalue weighted by Gasteiger charge is -2.24. The minimum atomic E-state index is -1.35. The Hall–Kier alpha value is -1.46. The zero-order valence-corrected chi connectivity index (χ0v) is 12.0. The van der Waals surface area contributed by atoms with Gasteiger partial charge in [-0.3, -0.25) is 4.79 Å². The van der Waals surface area contributed by atoms with Crippen molar-refractivity contribution >= 4 is 40.8 Å². The van der Waals surface area contributed by atoms with Crippen LogP contribution in [0.3, 0.4) is 0 Å². The Balaban J connectivity index is 3.05. The molecule has 0 spiro atoms. The number of aliphatic carboxylic acids is 1. The van der Waals surface area contributed by atoms with Crippen LogP contribution in [-0.4, -0.2) is 22.5 Å². The minimum Gasteiger partial charge on any atom is -0.480 e. The highest BCUT2D eigenvalue weighted by Crippen LogP contribution is 2.29. The van der Waals surface area contributed by atoms with E-state index in [1.54, 1.807) is 6.92 Å². The van der Waals surface area contributed by atoms with E-state index in [1.807, 2.05) is 0 Å². The largest absolute Gasteiger partial charge is 0.480 e. The van der Waals surface area contributed by atoms with E-state index in [0.717, 1.165) is 0 Å². The highest BCUT2D eigenvalue weighted by Gasteiger charge is 2.33. The van der Waals surface area contributed by atoms with Gasteiger partial charge >= 0.3 is 5.97 Å². The highest BCUT2D eigenvalue weighted by molar-refractivity contribution is 6.39. The summed E-state index contributed by atoms with van der Waals surface area (Å²) in [6.45, 7) is 3.09. The molecule has 1 aromatic rings. The average molecular weight is 305 g/mol. The first-order valence-corrected chi connectivity index (χ1v) is 6.27. The van der Waals surface area contributed by atoms with Gasteiger partial charge in [-0.15, -0.1) is 0 Å². The number of halogens is 2. The summed E-state index contributed by atoms with van der Waals surface area (Å²) >= 11 is 11.7. The molecule has 1 amide bonds. The van der Waals surface area contributed by atoms with Crippen molar-refractivity contribution in [3.63, 3.8) is 0 Å². The van der Waals surface area contributed by atoms with Gasteiger partial charge in [-0.25, -0.2) is 4.79 Å².